The molecule has 0 N–H and O–H groups in total. The van der Waals surface area contributed by atoms with Gasteiger partial charge in [0.15, 0.2) is 0 Å². The molecule has 0 aromatic heterocycles. The predicted octanol–water partition coefficient (Wildman–Crippen LogP) is 2.36. The second-order valence-corrected chi connectivity index (χ2v) is 6.67. The molecule has 0 unspecified atom stereocenters. The van der Waals surface area contributed by atoms with Gasteiger partial charge in [-0.3, -0.25) is 19.3 Å². The van der Waals surface area contributed by atoms with Crippen LogP contribution in [-0.4, -0.2) is 51.7 Å². The minimum absolute atomic E-state index is 0.0567. The molecule has 2 aliphatic rings. The lowest BCUT2D eigenvalue weighted by molar-refractivity contribution is -0.128. The first-order chi connectivity index (χ1) is 11.1. The van der Waals surface area contributed by atoms with Crippen molar-refractivity contribution in [2.45, 2.75) is 6.04 Å². The number of imide groups is 1. The zero-order chi connectivity index (χ0) is 16.0. The molecule has 2 aromatic rings. The van der Waals surface area contributed by atoms with Crippen LogP contribution < -0.4 is 0 Å². The topological polar surface area (TPSA) is 57.7 Å². The number of nitrogens with zero attached hydrogens (tertiary/aromatic N) is 2. The number of likely N-dealkylation sites (tertiary alicyclic amines) is 1. The van der Waals surface area contributed by atoms with E-state index in [4.69, 9.17) is 0 Å². The van der Waals surface area contributed by atoms with E-state index in [9.17, 15) is 14.4 Å². The van der Waals surface area contributed by atoms with Crippen LogP contribution in [-0.2, 0) is 4.79 Å². The monoisotopic (exact) mass is 326 g/mol. The van der Waals surface area contributed by atoms with Gasteiger partial charge in [0.05, 0.1) is 11.8 Å². The normalized spacial score (nSPS) is 18.6. The number of carbonyl (C=O) groups excluding carboxylic acids is 3. The van der Waals surface area contributed by atoms with Crippen LogP contribution >= 0.6 is 11.8 Å². The highest BCUT2D eigenvalue weighted by Gasteiger charge is 2.43. The molecule has 116 valence electrons. The molecule has 2 heterocycles. The van der Waals surface area contributed by atoms with Crippen molar-refractivity contribution in [3.05, 3.63) is 48.0 Å². The molecule has 4 rings (SSSR count). The van der Waals surface area contributed by atoms with Crippen molar-refractivity contribution in [2.75, 3.05) is 18.8 Å². The van der Waals surface area contributed by atoms with E-state index in [1.807, 2.05) is 42.5 Å². The van der Waals surface area contributed by atoms with Crippen LogP contribution in [0.15, 0.2) is 42.5 Å². The van der Waals surface area contributed by atoms with E-state index >= 15 is 0 Å². The Morgan fingerprint density at radius 2 is 1.78 bits per heavy atom. The highest BCUT2D eigenvalue weighted by Crippen LogP contribution is 2.27. The molecule has 3 amide bonds. The standard InChI is InChI=1S/C17H14N2O3S/c20-15-10-23-17(22)19(15)14-8-18(9-14)16(21)13-6-5-11-3-1-2-4-12(11)7-13/h1-7,14H,8-10H2. The maximum Gasteiger partial charge on any atom is 0.289 e. The summed E-state index contributed by atoms with van der Waals surface area (Å²) in [7, 11) is 0. The molecule has 0 bridgehead atoms. The fourth-order valence-corrected chi connectivity index (χ4v) is 3.78. The van der Waals surface area contributed by atoms with E-state index in [1.165, 1.54) is 4.90 Å². The predicted molar refractivity (Wildman–Crippen MR) is 88.3 cm³/mol. The van der Waals surface area contributed by atoms with Crippen LogP contribution in [0.4, 0.5) is 4.79 Å². The van der Waals surface area contributed by atoms with Crippen molar-refractivity contribution >= 4 is 39.6 Å². The molecule has 0 atom stereocenters. The molecule has 2 aliphatic heterocycles. The van der Waals surface area contributed by atoms with E-state index in [0.717, 1.165) is 22.5 Å². The van der Waals surface area contributed by atoms with E-state index in [1.54, 1.807) is 4.90 Å². The summed E-state index contributed by atoms with van der Waals surface area (Å²) in [5.74, 6) is 0.00933. The van der Waals surface area contributed by atoms with E-state index in [0.29, 0.717) is 18.7 Å². The second-order valence-electron chi connectivity index (χ2n) is 5.74. The average molecular weight is 326 g/mol. The Bertz CT molecular complexity index is 813. The van der Waals surface area contributed by atoms with Gasteiger partial charge in [-0.25, -0.2) is 0 Å². The lowest BCUT2D eigenvalue weighted by atomic mass is 10.0. The van der Waals surface area contributed by atoms with Gasteiger partial charge in [-0.15, -0.1) is 0 Å². The fraction of sp³-hybridized carbons (Fsp3) is 0.235. The Kier molecular flexibility index (Phi) is 3.34. The van der Waals surface area contributed by atoms with Gasteiger partial charge in [-0.05, 0) is 22.9 Å². The van der Waals surface area contributed by atoms with E-state index in [2.05, 4.69) is 0 Å². The molecular weight excluding hydrogens is 312 g/mol. The molecule has 6 heteroatoms. The third kappa shape index (κ3) is 2.39. The first-order valence-corrected chi connectivity index (χ1v) is 8.39. The van der Waals surface area contributed by atoms with Crippen LogP contribution in [0.3, 0.4) is 0 Å². The maximum absolute atomic E-state index is 12.5. The van der Waals surface area contributed by atoms with Crippen LogP contribution in [0, 0.1) is 0 Å². The number of hydrogen-bond acceptors (Lipinski definition) is 4. The molecule has 0 saturated carbocycles. The zero-order valence-corrected chi connectivity index (χ0v) is 13.1. The van der Waals surface area contributed by atoms with Crippen molar-refractivity contribution in [1.29, 1.82) is 0 Å². The SMILES string of the molecule is O=C(c1ccc2ccccc2c1)N1CC(N2C(=O)CSC2=O)C1. The molecular formula is C17H14N2O3S. The van der Waals surface area contributed by atoms with Crippen LogP contribution in [0.2, 0.25) is 0 Å². The van der Waals surface area contributed by atoms with E-state index < -0.39 is 0 Å². The lowest BCUT2D eigenvalue weighted by Crippen LogP contribution is -2.62. The number of thioether (sulfide) groups is 1. The van der Waals surface area contributed by atoms with Gasteiger partial charge in [0, 0.05) is 18.7 Å². The number of amides is 3. The van der Waals surface area contributed by atoms with Crippen LogP contribution in [0.5, 0.6) is 0 Å². The Labute approximate surface area is 137 Å². The summed E-state index contributed by atoms with van der Waals surface area (Å²) >= 11 is 1.03. The summed E-state index contributed by atoms with van der Waals surface area (Å²) in [6.45, 7) is 0.841. The summed E-state index contributed by atoms with van der Waals surface area (Å²) in [6.07, 6.45) is 0. The number of hydrogen-bond donors (Lipinski definition) is 0. The third-order valence-corrected chi connectivity index (χ3v) is 5.13. The second kappa shape index (κ2) is 5.38. The highest BCUT2D eigenvalue weighted by atomic mass is 32.2. The van der Waals surface area contributed by atoms with Gasteiger partial charge < -0.3 is 4.90 Å². The minimum atomic E-state index is -0.196. The van der Waals surface area contributed by atoms with Gasteiger partial charge in [0.25, 0.3) is 11.1 Å². The first kappa shape index (κ1) is 14.3. The van der Waals surface area contributed by atoms with Crippen molar-refractivity contribution < 1.29 is 14.4 Å². The van der Waals surface area contributed by atoms with Crippen LogP contribution in [0.25, 0.3) is 10.8 Å². The Morgan fingerprint density at radius 3 is 2.48 bits per heavy atom. The molecule has 0 spiro atoms. The molecule has 0 aliphatic carbocycles. The summed E-state index contributed by atoms with van der Waals surface area (Å²) in [6, 6.07) is 13.4. The largest absolute Gasteiger partial charge is 0.334 e. The maximum atomic E-state index is 12.5. The lowest BCUT2D eigenvalue weighted by Gasteiger charge is -2.42. The minimum Gasteiger partial charge on any atom is -0.334 e. The number of rotatable bonds is 2. The molecule has 5 nitrogen and oxygen atoms in total. The average Bonchev–Trinajstić information content (AvgIpc) is 2.85. The Balaban J connectivity index is 1.48. The van der Waals surface area contributed by atoms with Gasteiger partial charge in [0.2, 0.25) is 5.91 Å². The summed E-state index contributed by atoms with van der Waals surface area (Å²) in [4.78, 5) is 38.9. The van der Waals surface area contributed by atoms with Gasteiger partial charge >= 0.3 is 0 Å². The Hall–Kier alpha value is -2.34. The van der Waals surface area contributed by atoms with Crippen LogP contribution in [0.1, 0.15) is 10.4 Å². The molecule has 2 saturated heterocycles. The van der Waals surface area contributed by atoms with Crippen molar-refractivity contribution in [3.63, 3.8) is 0 Å². The number of benzene rings is 2. The number of carbonyl (C=O) groups is 3. The van der Waals surface area contributed by atoms with Crippen molar-refractivity contribution in [1.82, 2.24) is 9.80 Å². The third-order valence-electron chi connectivity index (χ3n) is 4.30. The van der Waals surface area contributed by atoms with Crippen molar-refractivity contribution in [3.8, 4) is 0 Å². The van der Waals surface area contributed by atoms with Crippen molar-refractivity contribution in [2.24, 2.45) is 0 Å². The highest BCUT2D eigenvalue weighted by molar-refractivity contribution is 8.14. The summed E-state index contributed by atoms with van der Waals surface area (Å²) in [5, 5.41) is 1.92. The molecule has 2 aromatic carbocycles. The molecule has 2 fully saturated rings. The summed E-state index contributed by atoms with van der Waals surface area (Å²) in [5.41, 5.74) is 0.635. The fourth-order valence-electron chi connectivity index (χ4n) is 3.01. The number of fused-ring (bicyclic) bond motifs is 1. The molecule has 0 radical (unpaired) electrons. The van der Waals surface area contributed by atoms with Gasteiger partial charge in [-0.2, -0.15) is 0 Å². The van der Waals surface area contributed by atoms with Gasteiger partial charge in [0.1, 0.15) is 0 Å². The smallest absolute Gasteiger partial charge is 0.289 e. The summed E-state index contributed by atoms with van der Waals surface area (Å²) < 4.78 is 0. The first-order valence-electron chi connectivity index (χ1n) is 7.40. The quantitative estimate of drug-likeness (QED) is 0.850. The molecule has 23 heavy (non-hydrogen) atoms. The zero-order valence-electron chi connectivity index (χ0n) is 12.3. The van der Waals surface area contributed by atoms with Gasteiger partial charge in [-0.1, -0.05) is 42.1 Å². The van der Waals surface area contributed by atoms with E-state index in [-0.39, 0.29) is 28.8 Å². The Morgan fingerprint density at radius 1 is 1.04 bits per heavy atom.